The van der Waals surface area contributed by atoms with E-state index in [0.29, 0.717) is 19.3 Å². The molecular weight excluding hydrogens is 937 g/mol. The zero-order valence-electron chi connectivity index (χ0n) is 50.0. The van der Waals surface area contributed by atoms with E-state index >= 15 is 0 Å². The van der Waals surface area contributed by atoms with Gasteiger partial charge >= 0.3 is 17.9 Å². The predicted octanol–water partition coefficient (Wildman–Crippen LogP) is 22.0. The van der Waals surface area contributed by atoms with Crippen molar-refractivity contribution < 1.29 is 28.6 Å². The van der Waals surface area contributed by atoms with Crippen molar-refractivity contribution in [2.75, 3.05) is 13.2 Å². The molecule has 0 aliphatic carbocycles. The van der Waals surface area contributed by atoms with Crippen LogP contribution in [0.25, 0.3) is 0 Å². The molecule has 0 aliphatic heterocycles. The van der Waals surface area contributed by atoms with Gasteiger partial charge in [-0.3, -0.25) is 14.4 Å². The second kappa shape index (κ2) is 63.9. The largest absolute Gasteiger partial charge is 0.462 e. The van der Waals surface area contributed by atoms with Gasteiger partial charge in [-0.1, -0.05) is 285 Å². The van der Waals surface area contributed by atoms with Gasteiger partial charge in [-0.25, -0.2) is 0 Å². The van der Waals surface area contributed by atoms with Crippen molar-refractivity contribution in [2.45, 2.75) is 316 Å². The quantitative estimate of drug-likeness (QED) is 0.0261. The van der Waals surface area contributed by atoms with Crippen molar-refractivity contribution in [3.8, 4) is 0 Å². The molecule has 436 valence electrons. The van der Waals surface area contributed by atoms with Crippen LogP contribution in [-0.4, -0.2) is 37.2 Å². The van der Waals surface area contributed by atoms with Gasteiger partial charge in [0.05, 0.1) is 0 Å². The standard InChI is InChI=1S/C70H120O6/c1-4-7-10-13-16-19-21-23-25-27-29-30-31-32-33-34-35-36-37-38-39-40-41-43-44-46-48-51-54-57-60-63-69(72)75-66-67(65-74-68(71)62-59-56-53-50-18-15-12-9-6-3)76-70(73)64-61-58-55-52-49-47-45-42-28-26-24-22-20-17-14-11-8-5-2/h7,10,16,19-20,22-23,25-26,28-30,32-33,35-36,67H,4-6,8-9,11-15,17-18,21,24,27,31,34,37-66H2,1-3H3/b10-7-,19-16-,22-20-,25-23-,28-26-,30-29-,33-32-,36-35-. The molecule has 6 nitrogen and oxygen atoms in total. The van der Waals surface area contributed by atoms with Gasteiger partial charge in [-0.2, -0.15) is 0 Å². The number of rotatable bonds is 58. The molecule has 0 N–H and O–H groups in total. The number of ether oxygens (including phenoxy) is 3. The number of hydrogen-bond donors (Lipinski definition) is 0. The lowest BCUT2D eigenvalue weighted by Crippen LogP contribution is -2.30. The topological polar surface area (TPSA) is 78.9 Å². The Labute approximate surface area is 470 Å². The molecule has 0 aliphatic rings. The first kappa shape index (κ1) is 72.3. The number of unbranched alkanes of at least 4 members (excludes halogenated alkanes) is 31. The van der Waals surface area contributed by atoms with Gasteiger partial charge in [0, 0.05) is 19.3 Å². The van der Waals surface area contributed by atoms with Crippen LogP contribution in [0.3, 0.4) is 0 Å². The van der Waals surface area contributed by atoms with Crippen molar-refractivity contribution >= 4 is 17.9 Å². The Morgan fingerprint density at radius 1 is 0.276 bits per heavy atom. The van der Waals surface area contributed by atoms with E-state index in [-0.39, 0.29) is 31.1 Å². The normalized spacial score (nSPS) is 12.7. The SMILES string of the molecule is CC/C=C\C/C=C\C/C=C\C/C=C\C/C=C\C/C=C\CCCCCCCCCCCCCCC(=O)OCC(COC(=O)CCCCCCCCCCC)OC(=O)CCCCCCCCC/C=C\C/C=C\CCCCCC. The van der Waals surface area contributed by atoms with Crippen LogP contribution in [0.5, 0.6) is 0 Å². The zero-order valence-corrected chi connectivity index (χ0v) is 50.0. The highest BCUT2D eigenvalue weighted by atomic mass is 16.6. The Balaban J connectivity index is 4.17. The molecule has 1 unspecified atom stereocenters. The first-order chi connectivity index (χ1) is 37.5. The molecule has 0 radical (unpaired) electrons. The second-order valence-electron chi connectivity index (χ2n) is 21.3. The highest BCUT2D eigenvalue weighted by molar-refractivity contribution is 5.71. The summed E-state index contributed by atoms with van der Waals surface area (Å²) in [5.74, 6) is -0.881. The summed E-state index contributed by atoms with van der Waals surface area (Å²) in [6, 6.07) is 0. The molecule has 6 heteroatoms. The maximum absolute atomic E-state index is 12.9. The molecule has 0 aromatic carbocycles. The first-order valence-corrected chi connectivity index (χ1v) is 32.2. The third-order valence-corrected chi connectivity index (χ3v) is 13.8. The van der Waals surface area contributed by atoms with Crippen molar-refractivity contribution in [3.63, 3.8) is 0 Å². The molecule has 0 aromatic rings. The summed E-state index contributed by atoms with van der Waals surface area (Å²) in [7, 11) is 0. The fourth-order valence-electron chi connectivity index (χ4n) is 9.01. The van der Waals surface area contributed by atoms with E-state index in [1.807, 2.05) is 0 Å². The lowest BCUT2D eigenvalue weighted by atomic mass is 10.0. The summed E-state index contributed by atoms with van der Waals surface area (Å²) >= 11 is 0. The van der Waals surface area contributed by atoms with Crippen molar-refractivity contribution in [1.82, 2.24) is 0 Å². The maximum Gasteiger partial charge on any atom is 0.306 e. The van der Waals surface area contributed by atoms with Crippen LogP contribution in [0.4, 0.5) is 0 Å². The Morgan fingerprint density at radius 3 is 0.816 bits per heavy atom. The third-order valence-electron chi connectivity index (χ3n) is 13.8. The Hall–Kier alpha value is -3.67. The Kier molecular flexibility index (Phi) is 60.8. The minimum absolute atomic E-state index is 0.0780. The van der Waals surface area contributed by atoms with Crippen LogP contribution in [-0.2, 0) is 28.6 Å². The van der Waals surface area contributed by atoms with Crippen molar-refractivity contribution in [1.29, 1.82) is 0 Å². The summed E-state index contributed by atoms with van der Waals surface area (Å²) in [4.78, 5) is 38.2. The van der Waals surface area contributed by atoms with Crippen LogP contribution in [0.15, 0.2) is 97.2 Å². The highest BCUT2D eigenvalue weighted by Crippen LogP contribution is 2.16. The minimum atomic E-state index is -0.780. The van der Waals surface area contributed by atoms with Gasteiger partial charge in [0.25, 0.3) is 0 Å². The summed E-state index contributed by atoms with van der Waals surface area (Å²) in [5, 5.41) is 0. The van der Waals surface area contributed by atoms with E-state index in [9.17, 15) is 14.4 Å². The Morgan fingerprint density at radius 2 is 0.513 bits per heavy atom. The lowest BCUT2D eigenvalue weighted by molar-refractivity contribution is -0.167. The molecule has 0 bridgehead atoms. The van der Waals surface area contributed by atoms with Gasteiger partial charge in [0.2, 0.25) is 0 Å². The fraction of sp³-hybridized carbons (Fsp3) is 0.729. The van der Waals surface area contributed by atoms with Gasteiger partial charge in [-0.05, 0) is 103 Å². The van der Waals surface area contributed by atoms with Gasteiger partial charge in [0.1, 0.15) is 13.2 Å². The molecular formula is C70H120O6. The molecule has 76 heavy (non-hydrogen) atoms. The smallest absolute Gasteiger partial charge is 0.306 e. The predicted molar refractivity (Wildman–Crippen MR) is 330 cm³/mol. The summed E-state index contributed by atoms with van der Waals surface area (Å²) < 4.78 is 16.9. The highest BCUT2D eigenvalue weighted by Gasteiger charge is 2.19. The molecule has 0 rings (SSSR count). The van der Waals surface area contributed by atoms with E-state index in [2.05, 4.69) is 118 Å². The monoisotopic (exact) mass is 1060 g/mol. The van der Waals surface area contributed by atoms with Crippen molar-refractivity contribution in [2.24, 2.45) is 0 Å². The number of allylic oxidation sites excluding steroid dienone is 16. The fourth-order valence-corrected chi connectivity index (χ4v) is 9.01. The molecule has 0 amide bonds. The van der Waals surface area contributed by atoms with E-state index in [1.165, 1.54) is 161 Å². The second-order valence-corrected chi connectivity index (χ2v) is 21.3. The van der Waals surface area contributed by atoms with Crippen LogP contribution in [0.1, 0.15) is 310 Å². The average molecular weight is 1060 g/mol. The first-order valence-electron chi connectivity index (χ1n) is 32.2. The molecule has 0 saturated carbocycles. The number of carbonyl (C=O) groups excluding carboxylic acids is 3. The number of carbonyl (C=O) groups is 3. The van der Waals surface area contributed by atoms with Crippen LogP contribution < -0.4 is 0 Å². The lowest BCUT2D eigenvalue weighted by Gasteiger charge is -2.18. The summed E-state index contributed by atoms with van der Waals surface area (Å²) in [5.41, 5.74) is 0. The number of hydrogen-bond acceptors (Lipinski definition) is 6. The zero-order chi connectivity index (χ0) is 55.0. The van der Waals surface area contributed by atoms with Gasteiger partial charge in [-0.15, -0.1) is 0 Å². The third kappa shape index (κ3) is 61.2. The molecule has 0 spiro atoms. The maximum atomic E-state index is 12.9. The Bertz CT molecular complexity index is 1490. The van der Waals surface area contributed by atoms with Gasteiger partial charge < -0.3 is 14.2 Å². The van der Waals surface area contributed by atoms with E-state index in [4.69, 9.17) is 14.2 Å². The van der Waals surface area contributed by atoms with E-state index in [1.54, 1.807) is 0 Å². The molecule has 0 saturated heterocycles. The van der Waals surface area contributed by atoms with Gasteiger partial charge in [0.15, 0.2) is 6.10 Å². The van der Waals surface area contributed by atoms with Crippen molar-refractivity contribution in [3.05, 3.63) is 97.2 Å². The van der Waals surface area contributed by atoms with Crippen LogP contribution in [0, 0.1) is 0 Å². The molecule has 0 heterocycles. The summed E-state index contributed by atoms with van der Waals surface area (Å²) in [6.45, 7) is 6.50. The number of esters is 3. The average Bonchev–Trinajstić information content (AvgIpc) is 3.42. The molecule has 1 atom stereocenters. The van der Waals surface area contributed by atoms with Crippen LogP contribution in [0.2, 0.25) is 0 Å². The van der Waals surface area contributed by atoms with E-state index in [0.717, 1.165) is 109 Å². The van der Waals surface area contributed by atoms with Crippen LogP contribution >= 0.6 is 0 Å². The molecule has 0 fully saturated rings. The molecule has 0 aromatic heterocycles. The minimum Gasteiger partial charge on any atom is -0.462 e. The van der Waals surface area contributed by atoms with E-state index < -0.39 is 6.10 Å². The summed E-state index contributed by atoms with van der Waals surface area (Å²) in [6.07, 6.45) is 85.7.